The Morgan fingerprint density at radius 3 is 2.96 bits per heavy atom. The summed E-state index contributed by atoms with van der Waals surface area (Å²) in [5.74, 6) is 1.80. The average molecular weight is 347 g/mol. The van der Waals surface area contributed by atoms with Crippen molar-refractivity contribution < 1.29 is 19.4 Å². The summed E-state index contributed by atoms with van der Waals surface area (Å²) in [4.78, 5) is 4.89. The van der Waals surface area contributed by atoms with Crippen molar-refractivity contribution in [2.75, 3.05) is 57.6 Å². The number of rotatable bonds is 7. The number of anilines is 2. The zero-order valence-corrected chi connectivity index (χ0v) is 15.2. The first kappa shape index (κ1) is 17.9. The Balaban J connectivity index is 1.87. The first-order chi connectivity index (χ1) is 12.2. The second-order valence-corrected chi connectivity index (χ2v) is 6.89. The van der Waals surface area contributed by atoms with Gasteiger partial charge in [0.1, 0.15) is 18.2 Å². The fourth-order valence-electron chi connectivity index (χ4n) is 3.62. The van der Waals surface area contributed by atoms with Crippen LogP contribution >= 0.6 is 0 Å². The Hall–Kier alpha value is -1.88. The van der Waals surface area contributed by atoms with Crippen LogP contribution in [0.15, 0.2) is 0 Å². The lowest BCUT2D eigenvalue weighted by atomic mass is 9.96. The molecule has 25 heavy (non-hydrogen) atoms. The Kier molecular flexibility index (Phi) is 6.08. The number of nitrogens with one attached hydrogen (secondary N) is 4. The number of methoxy groups -OCH3 is 1. The van der Waals surface area contributed by atoms with Gasteiger partial charge in [0, 0.05) is 20.1 Å². The van der Waals surface area contributed by atoms with Gasteiger partial charge in [0.05, 0.1) is 45.0 Å². The highest BCUT2D eigenvalue weighted by Gasteiger charge is 2.29. The van der Waals surface area contributed by atoms with Gasteiger partial charge >= 0.3 is 0 Å². The van der Waals surface area contributed by atoms with Crippen LogP contribution in [0.3, 0.4) is 0 Å². The monoisotopic (exact) mass is 347 g/mol. The Morgan fingerprint density at radius 1 is 1.36 bits per heavy atom. The molecule has 3 heterocycles. The first-order valence-electron chi connectivity index (χ1n) is 9.13. The normalized spacial score (nSPS) is 22.3. The van der Waals surface area contributed by atoms with Crippen LogP contribution < -0.4 is 20.5 Å². The Morgan fingerprint density at radius 2 is 2.24 bits per heavy atom. The van der Waals surface area contributed by atoms with Crippen LogP contribution in [0.2, 0.25) is 0 Å². The van der Waals surface area contributed by atoms with E-state index in [-0.39, 0.29) is 6.10 Å². The second-order valence-electron chi connectivity index (χ2n) is 6.89. The summed E-state index contributed by atoms with van der Waals surface area (Å²) in [5.41, 5.74) is 3.14. The number of aromatic amines is 1. The number of nitriles is 1. The lowest BCUT2D eigenvalue weighted by Gasteiger charge is -2.24. The van der Waals surface area contributed by atoms with Crippen LogP contribution in [0.1, 0.15) is 29.5 Å². The molecule has 0 aromatic carbocycles. The van der Waals surface area contributed by atoms with Gasteiger partial charge < -0.3 is 25.0 Å². The zero-order valence-electron chi connectivity index (χ0n) is 15.2. The van der Waals surface area contributed by atoms with Crippen molar-refractivity contribution >= 4 is 11.6 Å². The van der Waals surface area contributed by atoms with Gasteiger partial charge in [-0.15, -0.1) is 0 Å². The van der Waals surface area contributed by atoms with E-state index in [0.717, 1.165) is 62.7 Å². The van der Waals surface area contributed by atoms with E-state index >= 15 is 0 Å². The Bertz CT molecular complexity index is 637. The molecule has 1 unspecified atom stereocenters. The number of pyridine rings is 1. The molecule has 3 rings (SSSR count). The summed E-state index contributed by atoms with van der Waals surface area (Å²) >= 11 is 0. The van der Waals surface area contributed by atoms with Crippen molar-refractivity contribution in [1.29, 1.82) is 5.26 Å². The molecule has 7 nitrogen and oxygen atoms in total. The zero-order chi connectivity index (χ0) is 17.6. The number of likely N-dealkylation sites (N-methyl/N-ethyl adjacent to an activating group) is 1. The number of ether oxygens (including phenoxy) is 2. The van der Waals surface area contributed by atoms with Gasteiger partial charge in [-0.05, 0) is 18.4 Å². The maximum atomic E-state index is 9.70. The standard InChI is InChI=1S/C18H27N5O2/c1-23-7-5-14-15(10-19)17(20-6-9-24-2)22-18(16(14)12-23)21-11-13-4-3-8-25-13/h13H,3-9,11-12H2,1-2H3,(H2,20,21,22)/p+2/t13-/m1/s1. The number of fused-ring (bicyclic) bond motifs is 1. The maximum absolute atomic E-state index is 9.70. The average Bonchev–Trinajstić information content (AvgIpc) is 3.13. The van der Waals surface area contributed by atoms with Crippen LogP contribution in [-0.2, 0) is 22.4 Å². The maximum Gasteiger partial charge on any atom is 0.237 e. The van der Waals surface area contributed by atoms with E-state index in [1.807, 2.05) is 0 Å². The molecule has 4 N–H and O–H groups in total. The van der Waals surface area contributed by atoms with E-state index in [4.69, 9.17) is 9.47 Å². The van der Waals surface area contributed by atoms with Gasteiger partial charge in [0.15, 0.2) is 0 Å². The van der Waals surface area contributed by atoms with E-state index in [9.17, 15) is 5.26 Å². The molecule has 1 saturated heterocycles. The third-order valence-corrected chi connectivity index (χ3v) is 5.00. The van der Waals surface area contributed by atoms with Crippen molar-refractivity contribution in [3.63, 3.8) is 0 Å². The predicted octanol–water partition coefficient (Wildman–Crippen LogP) is -0.408. The number of hydrogen-bond acceptors (Lipinski definition) is 5. The van der Waals surface area contributed by atoms with Gasteiger partial charge in [0.2, 0.25) is 11.6 Å². The summed E-state index contributed by atoms with van der Waals surface area (Å²) in [6.07, 6.45) is 3.44. The molecule has 7 heteroatoms. The molecule has 0 bridgehead atoms. The van der Waals surface area contributed by atoms with Crippen LogP contribution in [0.5, 0.6) is 0 Å². The minimum atomic E-state index is 0.276. The molecule has 0 spiro atoms. The first-order valence-corrected chi connectivity index (χ1v) is 9.13. The molecule has 2 atom stereocenters. The number of quaternary nitrogens is 1. The predicted molar refractivity (Wildman–Crippen MR) is 94.7 cm³/mol. The second kappa shape index (κ2) is 8.48. The topological polar surface area (TPSA) is 84.9 Å². The van der Waals surface area contributed by atoms with Crippen molar-refractivity contribution in [2.24, 2.45) is 0 Å². The number of aromatic nitrogens is 1. The van der Waals surface area contributed by atoms with Crippen LogP contribution in [0.25, 0.3) is 0 Å². The van der Waals surface area contributed by atoms with Gasteiger partial charge in [-0.2, -0.15) is 5.26 Å². The highest BCUT2D eigenvalue weighted by molar-refractivity contribution is 5.60. The molecule has 0 amide bonds. The summed E-state index contributed by atoms with van der Waals surface area (Å²) < 4.78 is 10.8. The SMILES string of the molecule is COCCNc1[nH+]c(NC[C@H]2CCCO2)c2c(c1C#N)CC[NH+](C)C2. The largest absolute Gasteiger partial charge is 0.381 e. The van der Waals surface area contributed by atoms with Gasteiger partial charge in [-0.25, -0.2) is 4.98 Å². The molecule has 0 aliphatic carbocycles. The van der Waals surface area contributed by atoms with Crippen LogP contribution in [0.4, 0.5) is 11.6 Å². The fraction of sp³-hybridized carbons (Fsp3) is 0.667. The summed E-state index contributed by atoms with van der Waals surface area (Å²) in [6, 6.07) is 2.39. The van der Waals surface area contributed by atoms with Crippen molar-refractivity contribution in [2.45, 2.75) is 31.9 Å². The number of H-pyrrole nitrogens is 1. The van der Waals surface area contributed by atoms with Gasteiger partial charge in [0.25, 0.3) is 0 Å². The summed E-state index contributed by atoms with van der Waals surface area (Å²) in [5, 5.41) is 16.6. The van der Waals surface area contributed by atoms with Gasteiger partial charge in [-0.1, -0.05) is 0 Å². The molecule has 0 saturated carbocycles. The van der Waals surface area contributed by atoms with E-state index < -0.39 is 0 Å². The van der Waals surface area contributed by atoms with E-state index in [2.05, 4.69) is 28.7 Å². The molecule has 0 radical (unpaired) electrons. The van der Waals surface area contributed by atoms with Crippen molar-refractivity contribution in [3.05, 3.63) is 16.7 Å². The highest BCUT2D eigenvalue weighted by atomic mass is 16.5. The molecule has 136 valence electrons. The van der Waals surface area contributed by atoms with E-state index in [1.54, 1.807) is 7.11 Å². The van der Waals surface area contributed by atoms with Crippen LogP contribution in [0, 0.1) is 11.3 Å². The number of hydrogen-bond donors (Lipinski definition) is 3. The molecule has 2 aliphatic rings. The highest BCUT2D eigenvalue weighted by Crippen LogP contribution is 2.26. The fourth-order valence-corrected chi connectivity index (χ4v) is 3.62. The minimum absolute atomic E-state index is 0.276. The molecular formula is C18H29N5O2+2. The number of nitrogens with zero attached hydrogens (tertiary/aromatic N) is 1. The van der Waals surface area contributed by atoms with Crippen molar-refractivity contribution in [3.8, 4) is 6.07 Å². The quantitative estimate of drug-likeness (QED) is 0.584. The van der Waals surface area contributed by atoms with Crippen LogP contribution in [-0.4, -0.2) is 53.1 Å². The van der Waals surface area contributed by atoms with E-state index in [0.29, 0.717) is 13.2 Å². The lowest BCUT2D eigenvalue weighted by molar-refractivity contribution is -0.895. The van der Waals surface area contributed by atoms with Gasteiger partial charge in [-0.3, -0.25) is 0 Å². The summed E-state index contributed by atoms with van der Waals surface area (Å²) in [6.45, 7) is 4.89. The Labute approximate surface area is 149 Å². The molecule has 1 aromatic rings. The van der Waals surface area contributed by atoms with E-state index in [1.165, 1.54) is 16.0 Å². The summed E-state index contributed by atoms with van der Waals surface area (Å²) in [7, 11) is 3.88. The molecule has 2 aliphatic heterocycles. The third-order valence-electron chi connectivity index (χ3n) is 5.00. The smallest absolute Gasteiger partial charge is 0.237 e. The van der Waals surface area contributed by atoms with Crippen molar-refractivity contribution in [1.82, 2.24) is 0 Å². The molecule has 1 aromatic heterocycles. The molecule has 1 fully saturated rings. The molecular weight excluding hydrogens is 318 g/mol. The lowest BCUT2D eigenvalue weighted by Crippen LogP contribution is -3.08. The third kappa shape index (κ3) is 4.21. The minimum Gasteiger partial charge on any atom is -0.381 e.